The first kappa shape index (κ1) is 19.4. The first-order valence-electron chi connectivity index (χ1n) is 9.18. The van der Waals surface area contributed by atoms with Crippen molar-refractivity contribution in [2.45, 2.75) is 19.9 Å². The number of nitrogens with zero attached hydrogens (tertiary/aromatic N) is 1. The third kappa shape index (κ3) is 3.44. The first-order valence-corrected chi connectivity index (χ1v) is 10.3. The molecule has 4 rings (SSSR count). The van der Waals surface area contributed by atoms with Gasteiger partial charge in [-0.1, -0.05) is 41.7 Å². The predicted molar refractivity (Wildman–Crippen MR) is 123 cm³/mol. The molecule has 0 fully saturated rings. The maximum Gasteiger partial charge on any atom is 0.0612 e. The van der Waals surface area contributed by atoms with E-state index in [0.717, 1.165) is 45.8 Å². The van der Waals surface area contributed by atoms with Gasteiger partial charge in [0.25, 0.3) is 0 Å². The molecule has 0 saturated heterocycles. The molecule has 0 aliphatic heterocycles. The molecule has 144 valence electrons. The summed E-state index contributed by atoms with van der Waals surface area (Å²) >= 11 is 18.5. The predicted octanol–water partition coefficient (Wildman–Crippen LogP) is 7.02. The molecule has 1 aromatic heterocycles. The van der Waals surface area contributed by atoms with E-state index in [2.05, 4.69) is 35.0 Å². The molecular formula is C22H20Cl3N3. The van der Waals surface area contributed by atoms with Crippen molar-refractivity contribution >= 4 is 68.0 Å². The Labute approximate surface area is 179 Å². The number of nitrogens with two attached hydrogens (primary N) is 1. The summed E-state index contributed by atoms with van der Waals surface area (Å²) in [7, 11) is 0. The van der Waals surface area contributed by atoms with E-state index < -0.39 is 0 Å². The average Bonchev–Trinajstić information content (AvgIpc) is 2.96. The van der Waals surface area contributed by atoms with Gasteiger partial charge in [0.2, 0.25) is 0 Å². The molecule has 0 atom stereocenters. The molecule has 6 heteroatoms. The summed E-state index contributed by atoms with van der Waals surface area (Å²) in [6.07, 6.45) is 0.893. The van der Waals surface area contributed by atoms with Crippen molar-refractivity contribution in [2.24, 2.45) is 5.73 Å². The van der Waals surface area contributed by atoms with E-state index in [-0.39, 0.29) is 0 Å². The number of hydrogen-bond donors (Lipinski definition) is 2. The average molecular weight is 433 g/mol. The van der Waals surface area contributed by atoms with Crippen LogP contribution in [-0.2, 0) is 13.0 Å². The maximum absolute atomic E-state index is 6.28. The molecule has 0 spiro atoms. The highest BCUT2D eigenvalue weighted by atomic mass is 35.5. The highest BCUT2D eigenvalue weighted by molar-refractivity contribution is 6.42. The van der Waals surface area contributed by atoms with Crippen LogP contribution in [0.15, 0.2) is 48.5 Å². The van der Waals surface area contributed by atoms with Crippen LogP contribution in [0.25, 0.3) is 21.8 Å². The quantitative estimate of drug-likeness (QED) is 0.356. The Morgan fingerprint density at radius 2 is 1.68 bits per heavy atom. The summed E-state index contributed by atoms with van der Waals surface area (Å²) < 4.78 is 2.25. The van der Waals surface area contributed by atoms with Gasteiger partial charge >= 0.3 is 0 Å². The molecule has 4 aromatic rings. The van der Waals surface area contributed by atoms with Gasteiger partial charge in [-0.15, -0.1) is 0 Å². The summed E-state index contributed by atoms with van der Waals surface area (Å²) in [6.45, 7) is 3.44. The van der Waals surface area contributed by atoms with Crippen molar-refractivity contribution in [1.29, 1.82) is 0 Å². The topological polar surface area (TPSA) is 43.0 Å². The van der Waals surface area contributed by atoms with Crippen LogP contribution in [0.2, 0.25) is 15.1 Å². The van der Waals surface area contributed by atoms with E-state index in [0.29, 0.717) is 16.6 Å². The van der Waals surface area contributed by atoms with Gasteiger partial charge in [0.1, 0.15) is 0 Å². The van der Waals surface area contributed by atoms with Gasteiger partial charge < -0.3 is 15.6 Å². The summed E-state index contributed by atoms with van der Waals surface area (Å²) in [5.41, 5.74) is 11.3. The van der Waals surface area contributed by atoms with Crippen LogP contribution in [0.1, 0.15) is 12.5 Å². The van der Waals surface area contributed by atoms with Crippen molar-refractivity contribution < 1.29 is 0 Å². The Morgan fingerprint density at radius 3 is 2.39 bits per heavy atom. The maximum atomic E-state index is 6.28. The Morgan fingerprint density at radius 1 is 0.893 bits per heavy atom. The largest absolute Gasteiger partial charge is 0.355 e. The van der Waals surface area contributed by atoms with Crippen LogP contribution < -0.4 is 11.1 Å². The molecule has 1 heterocycles. The monoisotopic (exact) mass is 431 g/mol. The Hall–Kier alpha value is -1.91. The Kier molecular flexibility index (Phi) is 5.44. The van der Waals surface area contributed by atoms with E-state index in [1.54, 1.807) is 6.07 Å². The Balaban J connectivity index is 1.92. The first-order chi connectivity index (χ1) is 13.5. The SMILES string of the molecule is CCc1cc2c3cc(Cl)ccc3n(CCN)c2cc1Nc1ccc(Cl)c(Cl)c1. The van der Waals surface area contributed by atoms with E-state index in [1.807, 2.05) is 24.3 Å². The zero-order chi connectivity index (χ0) is 19.8. The lowest BCUT2D eigenvalue weighted by atomic mass is 10.0. The zero-order valence-corrected chi connectivity index (χ0v) is 17.7. The normalized spacial score (nSPS) is 11.5. The van der Waals surface area contributed by atoms with Crippen molar-refractivity contribution in [3.8, 4) is 0 Å². The van der Waals surface area contributed by atoms with Gasteiger partial charge in [-0.25, -0.2) is 0 Å². The molecule has 0 aliphatic carbocycles. The fourth-order valence-electron chi connectivity index (χ4n) is 3.67. The van der Waals surface area contributed by atoms with Gasteiger partial charge in [0, 0.05) is 45.8 Å². The van der Waals surface area contributed by atoms with E-state index in [4.69, 9.17) is 40.5 Å². The fraction of sp³-hybridized carbons (Fsp3) is 0.182. The minimum Gasteiger partial charge on any atom is -0.355 e. The molecule has 0 radical (unpaired) electrons. The molecule has 3 N–H and O–H groups in total. The second kappa shape index (κ2) is 7.84. The molecule has 0 saturated carbocycles. The summed E-state index contributed by atoms with van der Waals surface area (Å²) in [5.74, 6) is 0. The van der Waals surface area contributed by atoms with E-state index >= 15 is 0 Å². The smallest absolute Gasteiger partial charge is 0.0612 e. The van der Waals surface area contributed by atoms with Crippen LogP contribution in [0.3, 0.4) is 0 Å². The van der Waals surface area contributed by atoms with Crippen LogP contribution >= 0.6 is 34.8 Å². The van der Waals surface area contributed by atoms with Gasteiger partial charge in [0.05, 0.1) is 15.6 Å². The van der Waals surface area contributed by atoms with E-state index in [9.17, 15) is 0 Å². The molecule has 0 amide bonds. The number of fused-ring (bicyclic) bond motifs is 3. The van der Waals surface area contributed by atoms with Crippen molar-refractivity contribution in [3.63, 3.8) is 0 Å². The van der Waals surface area contributed by atoms with Crippen molar-refractivity contribution in [3.05, 3.63) is 69.2 Å². The number of aryl methyl sites for hydroxylation is 1. The van der Waals surface area contributed by atoms with E-state index in [1.165, 1.54) is 10.9 Å². The lowest BCUT2D eigenvalue weighted by Gasteiger charge is -2.14. The summed E-state index contributed by atoms with van der Waals surface area (Å²) in [4.78, 5) is 0. The van der Waals surface area contributed by atoms with Gasteiger partial charge in [-0.2, -0.15) is 0 Å². The van der Waals surface area contributed by atoms with Crippen molar-refractivity contribution in [1.82, 2.24) is 4.57 Å². The van der Waals surface area contributed by atoms with Gasteiger partial charge in [0.15, 0.2) is 0 Å². The molecule has 0 bridgehead atoms. The zero-order valence-electron chi connectivity index (χ0n) is 15.4. The fourth-order valence-corrected chi connectivity index (χ4v) is 4.14. The molecule has 28 heavy (non-hydrogen) atoms. The molecule has 0 aliphatic rings. The minimum atomic E-state index is 0.526. The number of benzene rings is 3. The Bertz CT molecular complexity index is 1180. The molecular weight excluding hydrogens is 413 g/mol. The molecule has 3 aromatic carbocycles. The van der Waals surface area contributed by atoms with Crippen molar-refractivity contribution in [2.75, 3.05) is 11.9 Å². The lowest BCUT2D eigenvalue weighted by Crippen LogP contribution is -2.09. The third-order valence-corrected chi connectivity index (χ3v) is 5.96. The number of nitrogens with one attached hydrogen (secondary N) is 1. The number of hydrogen-bond acceptors (Lipinski definition) is 2. The van der Waals surface area contributed by atoms with Crippen LogP contribution in [0, 0.1) is 0 Å². The lowest BCUT2D eigenvalue weighted by molar-refractivity contribution is 0.757. The highest BCUT2D eigenvalue weighted by Crippen LogP contribution is 2.36. The third-order valence-electron chi connectivity index (χ3n) is 4.98. The summed E-state index contributed by atoms with van der Waals surface area (Å²) in [5, 5.41) is 7.62. The second-order valence-corrected chi connectivity index (χ2v) is 7.99. The molecule has 0 unspecified atom stereocenters. The molecule has 3 nitrogen and oxygen atoms in total. The minimum absolute atomic E-state index is 0.526. The summed E-state index contributed by atoms with van der Waals surface area (Å²) in [6, 6.07) is 16.0. The standard InChI is InChI=1S/C22H20Cl3N3/c1-2-13-9-16-17-10-14(23)3-6-21(17)28(8-7-26)22(16)12-20(13)27-15-4-5-18(24)19(25)11-15/h3-6,9-12,27H,2,7-8,26H2,1H3. The number of rotatable bonds is 5. The van der Waals surface area contributed by atoms with Gasteiger partial charge in [-0.05, 0) is 60.5 Å². The number of aromatic nitrogens is 1. The van der Waals surface area contributed by atoms with Crippen LogP contribution in [-0.4, -0.2) is 11.1 Å². The number of halogens is 3. The second-order valence-electron chi connectivity index (χ2n) is 6.74. The number of anilines is 2. The van der Waals surface area contributed by atoms with Crippen LogP contribution in [0.5, 0.6) is 0 Å². The van der Waals surface area contributed by atoms with Gasteiger partial charge in [-0.3, -0.25) is 0 Å². The highest BCUT2D eigenvalue weighted by Gasteiger charge is 2.14. The van der Waals surface area contributed by atoms with Crippen LogP contribution in [0.4, 0.5) is 11.4 Å².